The summed E-state index contributed by atoms with van der Waals surface area (Å²) in [5.74, 6) is -0.254. The molecule has 0 spiro atoms. The van der Waals surface area contributed by atoms with Crippen molar-refractivity contribution in [3.63, 3.8) is 0 Å². The van der Waals surface area contributed by atoms with Gasteiger partial charge in [-0.3, -0.25) is 9.59 Å². The number of hydrogen-bond donors (Lipinski definition) is 1. The molecule has 1 heterocycles. The van der Waals surface area contributed by atoms with Gasteiger partial charge in [0.1, 0.15) is 22.9 Å². The van der Waals surface area contributed by atoms with Crippen molar-refractivity contribution in [3.05, 3.63) is 89.9 Å². The minimum atomic E-state index is -0.470. The normalized spacial score (nSPS) is 10.6. The lowest BCUT2D eigenvalue weighted by Gasteiger charge is -2.08. The summed E-state index contributed by atoms with van der Waals surface area (Å²) in [6.07, 6.45) is 0. The Hall–Kier alpha value is -4.13. The van der Waals surface area contributed by atoms with Gasteiger partial charge in [0, 0.05) is 10.9 Å². The fourth-order valence-electron chi connectivity index (χ4n) is 3.06. The van der Waals surface area contributed by atoms with E-state index < -0.39 is 17.5 Å². The van der Waals surface area contributed by atoms with Crippen LogP contribution in [0.3, 0.4) is 0 Å². The standard InChI is InChI=1S/C24H18FNO5/c1-29-17-10-12-18(13-11-17)30-14-21(27)26-22-19-4-2-3-5-20(19)31-24(22)23(28)15-6-8-16(25)9-7-15/h2-13H,14H2,1H3,(H,26,27). The molecule has 0 aliphatic heterocycles. The summed E-state index contributed by atoms with van der Waals surface area (Å²) in [4.78, 5) is 25.5. The summed E-state index contributed by atoms with van der Waals surface area (Å²) in [6, 6.07) is 18.9. The summed E-state index contributed by atoms with van der Waals surface area (Å²) in [5, 5.41) is 3.29. The second kappa shape index (κ2) is 8.71. The van der Waals surface area contributed by atoms with Crippen molar-refractivity contribution in [2.45, 2.75) is 0 Å². The van der Waals surface area contributed by atoms with Gasteiger partial charge in [-0.05, 0) is 60.7 Å². The zero-order valence-corrected chi connectivity index (χ0v) is 16.6. The van der Waals surface area contributed by atoms with Crippen molar-refractivity contribution < 1.29 is 27.9 Å². The van der Waals surface area contributed by atoms with E-state index in [9.17, 15) is 14.0 Å². The third-order valence-electron chi connectivity index (χ3n) is 4.60. The predicted octanol–water partition coefficient (Wildman–Crippen LogP) is 4.83. The van der Waals surface area contributed by atoms with E-state index in [1.165, 1.54) is 24.3 Å². The minimum absolute atomic E-state index is 0.0365. The maximum absolute atomic E-state index is 13.2. The van der Waals surface area contributed by atoms with Crippen molar-refractivity contribution in [3.8, 4) is 11.5 Å². The van der Waals surface area contributed by atoms with Crippen LogP contribution in [0.25, 0.3) is 11.0 Å². The molecule has 0 aliphatic rings. The monoisotopic (exact) mass is 419 g/mol. The number of amides is 1. The number of furan rings is 1. The summed E-state index contributed by atoms with van der Waals surface area (Å²) in [6.45, 7) is -0.268. The fraction of sp³-hybridized carbons (Fsp3) is 0.0833. The van der Waals surface area contributed by atoms with E-state index in [0.29, 0.717) is 22.5 Å². The van der Waals surface area contributed by atoms with Gasteiger partial charge in [-0.2, -0.15) is 0 Å². The molecule has 31 heavy (non-hydrogen) atoms. The molecule has 0 fully saturated rings. The summed E-state index contributed by atoms with van der Waals surface area (Å²) < 4.78 is 29.5. The van der Waals surface area contributed by atoms with Crippen LogP contribution in [0.5, 0.6) is 11.5 Å². The lowest BCUT2D eigenvalue weighted by Crippen LogP contribution is -2.21. The number of anilines is 1. The molecular formula is C24H18FNO5. The van der Waals surface area contributed by atoms with E-state index >= 15 is 0 Å². The molecule has 4 rings (SSSR count). The first-order valence-electron chi connectivity index (χ1n) is 9.43. The Balaban J connectivity index is 1.57. The van der Waals surface area contributed by atoms with Gasteiger partial charge in [0.05, 0.1) is 12.8 Å². The molecule has 0 saturated heterocycles. The van der Waals surface area contributed by atoms with Crippen LogP contribution in [-0.2, 0) is 4.79 Å². The van der Waals surface area contributed by atoms with Gasteiger partial charge in [0.2, 0.25) is 5.78 Å². The van der Waals surface area contributed by atoms with E-state index in [0.717, 1.165) is 0 Å². The second-order valence-corrected chi connectivity index (χ2v) is 6.65. The zero-order valence-electron chi connectivity index (χ0n) is 16.6. The molecule has 0 radical (unpaired) electrons. The topological polar surface area (TPSA) is 77.8 Å². The van der Waals surface area contributed by atoms with Crippen LogP contribution in [0.4, 0.5) is 10.1 Å². The van der Waals surface area contributed by atoms with E-state index in [2.05, 4.69) is 5.32 Å². The molecule has 1 amide bonds. The number of ether oxygens (including phenoxy) is 2. The highest BCUT2D eigenvalue weighted by Gasteiger charge is 2.23. The summed E-state index contributed by atoms with van der Waals surface area (Å²) in [5.41, 5.74) is 0.929. The number of halogens is 1. The molecule has 1 N–H and O–H groups in total. The quantitative estimate of drug-likeness (QED) is 0.434. The van der Waals surface area contributed by atoms with Crippen molar-refractivity contribution in [2.75, 3.05) is 19.0 Å². The van der Waals surface area contributed by atoms with Crippen molar-refractivity contribution in [1.29, 1.82) is 0 Å². The molecule has 0 unspecified atom stereocenters. The van der Waals surface area contributed by atoms with Gasteiger partial charge in [0.15, 0.2) is 12.4 Å². The highest BCUT2D eigenvalue weighted by atomic mass is 19.1. The molecule has 0 saturated carbocycles. The van der Waals surface area contributed by atoms with Gasteiger partial charge in [-0.15, -0.1) is 0 Å². The lowest BCUT2D eigenvalue weighted by atomic mass is 10.1. The molecule has 4 aromatic rings. The van der Waals surface area contributed by atoms with Crippen LogP contribution in [-0.4, -0.2) is 25.4 Å². The number of benzene rings is 3. The van der Waals surface area contributed by atoms with Crippen LogP contribution < -0.4 is 14.8 Å². The number of para-hydroxylation sites is 1. The van der Waals surface area contributed by atoms with Crippen molar-refractivity contribution in [1.82, 2.24) is 0 Å². The van der Waals surface area contributed by atoms with Gasteiger partial charge < -0.3 is 19.2 Å². The highest BCUT2D eigenvalue weighted by molar-refractivity contribution is 6.17. The van der Waals surface area contributed by atoms with E-state index in [1.807, 2.05) is 0 Å². The third-order valence-corrected chi connectivity index (χ3v) is 4.60. The van der Waals surface area contributed by atoms with Crippen LogP contribution in [0.15, 0.2) is 77.2 Å². The highest BCUT2D eigenvalue weighted by Crippen LogP contribution is 2.32. The molecule has 7 heteroatoms. The van der Waals surface area contributed by atoms with Gasteiger partial charge in [-0.1, -0.05) is 12.1 Å². The Morgan fingerprint density at radius 2 is 1.61 bits per heavy atom. The Kier molecular flexibility index (Phi) is 5.66. The first kappa shape index (κ1) is 20.2. The van der Waals surface area contributed by atoms with Gasteiger partial charge in [-0.25, -0.2) is 4.39 Å². The third kappa shape index (κ3) is 4.40. The predicted molar refractivity (Wildman–Crippen MR) is 113 cm³/mol. The molecule has 0 atom stereocenters. The molecule has 0 aliphatic carbocycles. The number of carbonyl (C=O) groups is 2. The zero-order chi connectivity index (χ0) is 21.8. The van der Waals surface area contributed by atoms with E-state index in [-0.39, 0.29) is 23.6 Å². The molecule has 1 aromatic heterocycles. The van der Waals surface area contributed by atoms with Crippen LogP contribution in [0, 0.1) is 5.82 Å². The molecule has 0 bridgehead atoms. The maximum Gasteiger partial charge on any atom is 0.262 e. The van der Waals surface area contributed by atoms with Crippen LogP contribution in [0.2, 0.25) is 0 Å². The number of fused-ring (bicyclic) bond motifs is 1. The number of ketones is 1. The number of hydrogen-bond acceptors (Lipinski definition) is 5. The number of methoxy groups -OCH3 is 1. The maximum atomic E-state index is 13.2. The molecular weight excluding hydrogens is 401 g/mol. The van der Waals surface area contributed by atoms with Crippen LogP contribution in [0.1, 0.15) is 16.1 Å². The number of nitrogens with one attached hydrogen (secondary N) is 1. The SMILES string of the molecule is COc1ccc(OCC(=O)Nc2c(C(=O)c3ccc(F)cc3)oc3ccccc23)cc1. The first-order valence-corrected chi connectivity index (χ1v) is 9.43. The van der Waals surface area contributed by atoms with Crippen molar-refractivity contribution >= 4 is 28.3 Å². The average molecular weight is 419 g/mol. The largest absolute Gasteiger partial charge is 0.497 e. The van der Waals surface area contributed by atoms with E-state index in [4.69, 9.17) is 13.9 Å². The number of rotatable bonds is 7. The Labute approximate surface area is 177 Å². The second-order valence-electron chi connectivity index (χ2n) is 6.65. The summed E-state index contributed by atoms with van der Waals surface area (Å²) in [7, 11) is 1.56. The fourth-order valence-corrected chi connectivity index (χ4v) is 3.06. The Bertz CT molecular complexity index is 1230. The van der Waals surface area contributed by atoms with Gasteiger partial charge >= 0.3 is 0 Å². The molecule has 156 valence electrons. The molecule has 3 aromatic carbocycles. The van der Waals surface area contributed by atoms with Crippen LogP contribution >= 0.6 is 0 Å². The van der Waals surface area contributed by atoms with Crippen molar-refractivity contribution in [2.24, 2.45) is 0 Å². The average Bonchev–Trinajstić information content (AvgIpc) is 3.16. The smallest absolute Gasteiger partial charge is 0.262 e. The minimum Gasteiger partial charge on any atom is -0.497 e. The Morgan fingerprint density at radius 1 is 0.935 bits per heavy atom. The summed E-state index contributed by atoms with van der Waals surface area (Å²) >= 11 is 0. The lowest BCUT2D eigenvalue weighted by molar-refractivity contribution is -0.118. The van der Waals surface area contributed by atoms with Gasteiger partial charge in [0.25, 0.3) is 5.91 Å². The van der Waals surface area contributed by atoms with E-state index in [1.54, 1.807) is 55.6 Å². The Morgan fingerprint density at radius 3 is 2.32 bits per heavy atom. The molecule has 6 nitrogen and oxygen atoms in total. The first-order chi connectivity index (χ1) is 15.0. The number of carbonyl (C=O) groups excluding carboxylic acids is 2.